The molecule has 1 aliphatic rings. The van der Waals surface area contributed by atoms with Gasteiger partial charge in [0, 0.05) is 18.7 Å². The summed E-state index contributed by atoms with van der Waals surface area (Å²) < 4.78 is 35.8. The maximum atomic E-state index is 13.0. The van der Waals surface area contributed by atoms with Crippen LogP contribution >= 0.6 is 11.3 Å². The van der Waals surface area contributed by atoms with Gasteiger partial charge < -0.3 is 9.30 Å². The molecule has 9 heteroatoms. The van der Waals surface area contributed by atoms with E-state index in [-0.39, 0.29) is 11.4 Å². The molecule has 0 spiro atoms. The van der Waals surface area contributed by atoms with Crippen LogP contribution in [0, 0.1) is 18.3 Å². The molecule has 3 aromatic rings. The lowest BCUT2D eigenvalue weighted by Gasteiger charge is -2.30. The van der Waals surface area contributed by atoms with Gasteiger partial charge >= 0.3 is 0 Å². The third-order valence-electron chi connectivity index (χ3n) is 5.77. The lowest BCUT2D eigenvalue weighted by Crippen LogP contribution is -2.39. The largest absolute Gasteiger partial charge is 0.494 e. The van der Waals surface area contributed by atoms with E-state index in [0.29, 0.717) is 36.0 Å². The Labute approximate surface area is 203 Å². The van der Waals surface area contributed by atoms with Gasteiger partial charge in [-0.1, -0.05) is 24.2 Å². The van der Waals surface area contributed by atoms with Gasteiger partial charge in [0.1, 0.15) is 5.75 Å². The molecule has 7 nitrogen and oxygen atoms in total. The van der Waals surface area contributed by atoms with Gasteiger partial charge in [0.15, 0.2) is 4.80 Å². The minimum Gasteiger partial charge on any atom is -0.494 e. The number of piperidine rings is 1. The molecular weight excluding hydrogens is 470 g/mol. The Balaban J connectivity index is 1.64. The van der Waals surface area contributed by atoms with Crippen LogP contribution in [0.3, 0.4) is 0 Å². The molecule has 2 aromatic carbocycles. The van der Waals surface area contributed by atoms with Gasteiger partial charge in [-0.05, 0) is 68.1 Å². The molecule has 0 radical (unpaired) electrons. The molecule has 0 saturated carbocycles. The van der Waals surface area contributed by atoms with Crippen LogP contribution in [0.4, 0.5) is 0 Å². The monoisotopic (exact) mass is 497 g/mol. The number of fused-ring (bicyclic) bond motifs is 1. The summed E-state index contributed by atoms with van der Waals surface area (Å²) in [4.78, 5) is 17.9. The number of terminal acetylenes is 1. The Bertz CT molecular complexity index is 1410. The molecule has 4 rings (SSSR count). The number of benzene rings is 2. The van der Waals surface area contributed by atoms with E-state index in [1.54, 1.807) is 0 Å². The van der Waals surface area contributed by atoms with Crippen LogP contribution in [0.2, 0.25) is 0 Å². The Morgan fingerprint density at radius 3 is 2.71 bits per heavy atom. The van der Waals surface area contributed by atoms with Gasteiger partial charge in [0.25, 0.3) is 5.91 Å². The first kappa shape index (κ1) is 24.2. The first-order valence-corrected chi connectivity index (χ1v) is 13.5. The number of ether oxygens (including phenoxy) is 1. The van der Waals surface area contributed by atoms with Crippen molar-refractivity contribution in [3.63, 3.8) is 0 Å². The topological polar surface area (TPSA) is 81.0 Å². The molecule has 2 heterocycles. The zero-order valence-electron chi connectivity index (χ0n) is 19.2. The van der Waals surface area contributed by atoms with Gasteiger partial charge in [-0.3, -0.25) is 4.79 Å². The smallest absolute Gasteiger partial charge is 0.279 e. The lowest BCUT2D eigenvalue weighted by molar-refractivity contribution is 0.0998. The summed E-state index contributed by atoms with van der Waals surface area (Å²) in [6.07, 6.45) is 7.44. The van der Waals surface area contributed by atoms with Crippen LogP contribution in [-0.4, -0.2) is 42.9 Å². The standard InChI is InChI=1S/C25H27N3O4S2/c1-4-14-28-22-13-10-20(32-5-2)16-23(22)33-25(28)26-24(29)19-8-11-21(12-9-19)34(30,31)27-15-6-7-18(3)17-27/h1,8-13,16,18H,5-7,14-15,17H2,2-3H3. The highest BCUT2D eigenvalue weighted by molar-refractivity contribution is 7.89. The highest BCUT2D eigenvalue weighted by atomic mass is 32.2. The van der Waals surface area contributed by atoms with E-state index in [4.69, 9.17) is 11.2 Å². The van der Waals surface area contributed by atoms with Gasteiger partial charge in [-0.2, -0.15) is 9.30 Å². The van der Waals surface area contributed by atoms with Crippen molar-refractivity contribution in [3.8, 4) is 18.1 Å². The van der Waals surface area contributed by atoms with Gasteiger partial charge in [-0.25, -0.2) is 8.42 Å². The van der Waals surface area contributed by atoms with Crippen LogP contribution in [0.25, 0.3) is 10.2 Å². The first-order chi connectivity index (χ1) is 16.3. The van der Waals surface area contributed by atoms with Crippen LogP contribution in [0.5, 0.6) is 5.75 Å². The van der Waals surface area contributed by atoms with Crippen LogP contribution in [-0.2, 0) is 16.6 Å². The van der Waals surface area contributed by atoms with Gasteiger partial charge in [0.05, 0.1) is 28.3 Å². The number of sulfonamides is 1. The molecular formula is C25H27N3O4S2. The molecule has 0 aliphatic carbocycles. The Hall–Kier alpha value is -2.93. The fourth-order valence-corrected chi connectivity index (χ4v) is 6.73. The van der Waals surface area contributed by atoms with Crippen molar-refractivity contribution in [1.29, 1.82) is 0 Å². The van der Waals surface area contributed by atoms with Crippen molar-refractivity contribution in [2.24, 2.45) is 10.9 Å². The molecule has 1 amide bonds. The molecule has 178 valence electrons. The Morgan fingerprint density at radius 2 is 2.03 bits per heavy atom. The van der Waals surface area contributed by atoms with E-state index >= 15 is 0 Å². The van der Waals surface area contributed by atoms with Crippen LogP contribution < -0.4 is 9.54 Å². The molecule has 1 saturated heterocycles. The number of carbonyl (C=O) groups is 1. The summed E-state index contributed by atoms with van der Waals surface area (Å²) in [7, 11) is -3.58. The van der Waals surface area contributed by atoms with Crippen molar-refractivity contribution in [2.45, 2.75) is 38.1 Å². The van der Waals surface area contributed by atoms with Crippen LogP contribution in [0.15, 0.2) is 52.4 Å². The predicted molar refractivity (Wildman–Crippen MR) is 133 cm³/mol. The fraction of sp³-hybridized carbons (Fsp3) is 0.360. The summed E-state index contributed by atoms with van der Waals surface area (Å²) in [5.74, 6) is 3.22. The number of carbonyl (C=O) groups excluding carboxylic acids is 1. The van der Waals surface area contributed by atoms with Gasteiger partial charge in [-0.15, -0.1) is 6.42 Å². The number of thiazole rings is 1. The average molecular weight is 498 g/mol. The summed E-state index contributed by atoms with van der Waals surface area (Å²) in [5.41, 5.74) is 1.18. The van der Waals surface area contributed by atoms with E-state index in [0.717, 1.165) is 28.8 Å². The number of nitrogens with zero attached hydrogens (tertiary/aromatic N) is 3. The Kier molecular flexibility index (Phi) is 7.22. The molecule has 1 unspecified atom stereocenters. The zero-order valence-corrected chi connectivity index (χ0v) is 20.9. The summed E-state index contributed by atoms with van der Waals surface area (Å²) in [6.45, 7) is 5.84. The maximum absolute atomic E-state index is 13.0. The van der Waals surface area contributed by atoms with E-state index < -0.39 is 15.9 Å². The second-order valence-corrected chi connectivity index (χ2v) is 11.2. The second-order valence-electron chi connectivity index (χ2n) is 8.29. The fourth-order valence-electron chi connectivity index (χ4n) is 4.07. The van der Waals surface area contributed by atoms with Crippen molar-refractivity contribution in [2.75, 3.05) is 19.7 Å². The van der Waals surface area contributed by atoms with Crippen molar-refractivity contribution >= 4 is 37.5 Å². The molecule has 34 heavy (non-hydrogen) atoms. The summed E-state index contributed by atoms with van der Waals surface area (Å²) >= 11 is 1.35. The minimum absolute atomic E-state index is 0.186. The number of amides is 1. The number of aromatic nitrogens is 1. The lowest BCUT2D eigenvalue weighted by atomic mass is 10.0. The van der Waals surface area contributed by atoms with E-state index in [1.807, 2.05) is 29.7 Å². The zero-order chi connectivity index (χ0) is 24.3. The average Bonchev–Trinajstić information content (AvgIpc) is 3.15. The Morgan fingerprint density at radius 1 is 1.26 bits per heavy atom. The molecule has 0 bridgehead atoms. The highest BCUT2D eigenvalue weighted by Crippen LogP contribution is 2.25. The molecule has 1 atom stereocenters. The number of hydrogen-bond acceptors (Lipinski definition) is 5. The normalized spacial score (nSPS) is 17.6. The van der Waals surface area contributed by atoms with Gasteiger partial charge in [0.2, 0.25) is 10.0 Å². The minimum atomic E-state index is -3.58. The van der Waals surface area contributed by atoms with Crippen LogP contribution in [0.1, 0.15) is 37.0 Å². The third kappa shape index (κ3) is 4.94. The molecule has 1 fully saturated rings. The molecule has 0 N–H and O–H groups in total. The maximum Gasteiger partial charge on any atom is 0.279 e. The van der Waals surface area contributed by atoms with E-state index in [9.17, 15) is 13.2 Å². The first-order valence-electron chi connectivity index (χ1n) is 11.2. The van der Waals surface area contributed by atoms with Crippen molar-refractivity contribution in [3.05, 3.63) is 52.8 Å². The molecule has 1 aromatic heterocycles. The third-order valence-corrected chi connectivity index (χ3v) is 8.69. The van der Waals surface area contributed by atoms with Crippen molar-refractivity contribution in [1.82, 2.24) is 8.87 Å². The summed E-state index contributed by atoms with van der Waals surface area (Å²) in [5, 5.41) is 0. The second kappa shape index (κ2) is 10.1. The van der Waals surface area contributed by atoms with E-state index in [2.05, 4.69) is 17.8 Å². The molecule has 1 aliphatic heterocycles. The quantitative estimate of drug-likeness (QED) is 0.484. The predicted octanol–water partition coefficient (Wildman–Crippen LogP) is 3.90. The SMILES string of the molecule is C#CCn1c(=NC(=O)c2ccc(S(=O)(=O)N3CCCC(C)C3)cc2)sc2cc(OCC)ccc21. The van der Waals surface area contributed by atoms with Crippen molar-refractivity contribution < 1.29 is 17.9 Å². The number of hydrogen-bond donors (Lipinski definition) is 0. The number of rotatable bonds is 6. The summed E-state index contributed by atoms with van der Waals surface area (Å²) in [6, 6.07) is 11.6. The highest BCUT2D eigenvalue weighted by Gasteiger charge is 2.28. The van der Waals surface area contributed by atoms with E-state index in [1.165, 1.54) is 39.9 Å².